The predicted molar refractivity (Wildman–Crippen MR) is 94.2 cm³/mol. The maximum atomic E-state index is 12.4. The van der Waals surface area contributed by atoms with Gasteiger partial charge in [-0.3, -0.25) is 14.6 Å². The number of aromatic nitrogens is 3. The number of amides is 2. The van der Waals surface area contributed by atoms with Crippen molar-refractivity contribution in [2.24, 2.45) is 0 Å². The summed E-state index contributed by atoms with van der Waals surface area (Å²) >= 11 is 0. The summed E-state index contributed by atoms with van der Waals surface area (Å²) in [7, 11) is 1.65. The molecule has 8 heteroatoms. The number of anilines is 1. The third kappa shape index (κ3) is 5.01. The highest BCUT2D eigenvalue weighted by atomic mass is 16.5. The van der Waals surface area contributed by atoms with Gasteiger partial charge >= 0.3 is 6.03 Å². The number of methoxy groups -OCH3 is 1. The van der Waals surface area contributed by atoms with Gasteiger partial charge in [-0.2, -0.15) is 5.10 Å². The smallest absolute Gasteiger partial charge is 0.322 e. The van der Waals surface area contributed by atoms with Gasteiger partial charge in [0.05, 0.1) is 25.0 Å². The first-order valence-corrected chi connectivity index (χ1v) is 8.43. The molecule has 0 bridgehead atoms. The summed E-state index contributed by atoms with van der Waals surface area (Å²) in [5.74, 6) is 0. The first-order chi connectivity index (χ1) is 12.2. The molecule has 1 fully saturated rings. The Morgan fingerprint density at radius 1 is 1.24 bits per heavy atom. The number of carbonyl (C=O) groups excluding carboxylic acids is 1. The van der Waals surface area contributed by atoms with E-state index in [1.165, 1.54) is 5.56 Å². The summed E-state index contributed by atoms with van der Waals surface area (Å²) < 4.78 is 6.78. The van der Waals surface area contributed by atoms with Gasteiger partial charge in [-0.25, -0.2) is 4.79 Å². The molecule has 0 aromatic carbocycles. The molecule has 0 unspecified atom stereocenters. The van der Waals surface area contributed by atoms with Crippen LogP contribution in [0.5, 0.6) is 0 Å². The molecule has 0 aliphatic carbocycles. The molecule has 8 nitrogen and oxygen atoms in total. The number of carbonyl (C=O) groups is 1. The Morgan fingerprint density at radius 2 is 2.00 bits per heavy atom. The van der Waals surface area contributed by atoms with Crippen molar-refractivity contribution >= 4 is 11.7 Å². The van der Waals surface area contributed by atoms with E-state index >= 15 is 0 Å². The van der Waals surface area contributed by atoms with E-state index in [9.17, 15) is 4.79 Å². The average Bonchev–Trinajstić information content (AvgIpc) is 3.08. The van der Waals surface area contributed by atoms with Gasteiger partial charge in [-0.1, -0.05) is 0 Å². The number of hydrogen-bond acceptors (Lipinski definition) is 5. The van der Waals surface area contributed by atoms with E-state index in [2.05, 4.69) is 20.3 Å². The second-order valence-electron chi connectivity index (χ2n) is 6.03. The van der Waals surface area contributed by atoms with Gasteiger partial charge in [0.2, 0.25) is 0 Å². The van der Waals surface area contributed by atoms with Crippen LogP contribution in [0.1, 0.15) is 5.56 Å². The molecule has 3 rings (SSSR count). The summed E-state index contributed by atoms with van der Waals surface area (Å²) in [5, 5.41) is 7.11. The number of urea groups is 1. The molecular weight excluding hydrogens is 320 g/mol. The molecule has 2 aromatic heterocycles. The van der Waals surface area contributed by atoms with Crippen LogP contribution in [-0.2, 0) is 17.8 Å². The van der Waals surface area contributed by atoms with Crippen LogP contribution in [0.25, 0.3) is 0 Å². The average molecular weight is 344 g/mol. The van der Waals surface area contributed by atoms with Crippen molar-refractivity contribution in [2.75, 3.05) is 45.2 Å². The van der Waals surface area contributed by atoms with E-state index < -0.39 is 0 Å². The quantitative estimate of drug-likeness (QED) is 0.854. The number of rotatable bonds is 6. The van der Waals surface area contributed by atoms with E-state index in [4.69, 9.17) is 4.74 Å². The van der Waals surface area contributed by atoms with Crippen LogP contribution in [0.2, 0.25) is 0 Å². The Labute approximate surface area is 147 Å². The molecule has 25 heavy (non-hydrogen) atoms. The fourth-order valence-electron chi connectivity index (χ4n) is 2.79. The lowest BCUT2D eigenvalue weighted by Crippen LogP contribution is -2.49. The zero-order chi connectivity index (χ0) is 17.5. The first kappa shape index (κ1) is 17.4. The monoisotopic (exact) mass is 344 g/mol. The molecule has 0 radical (unpaired) electrons. The van der Waals surface area contributed by atoms with Crippen LogP contribution in [-0.4, -0.2) is 70.5 Å². The van der Waals surface area contributed by atoms with E-state index in [1.54, 1.807) is 18.0 Å². The standard InChI is InChI=1S/C17H24N6O2/c1-25-11-10-23-14-16(12-19-23)20-17(24)22-8-6-21(7-9-22)13-15-2-4-18-5-3-15/h2-5,12,14H,6-11,13H2,1H3,(H,20,24). The highest BCUT2D eigenvalue weighted by molar-refractivity contribution is 5.89. The lowest BCUT2D eigenvalue weighted by molar-refractivity contribution is 0.143. The first-order valence-electron chi connectivity index (χ1n) is 8.43. The van der Waals surface area contributed by atoms with E-state index in [0.29, 0.717) is 31.9 Å². The molecule has 0 spiro atoms. The van der Waals surface area contributed by atoms with Crippen molar-refractivity contribution in [3.8, 4) is 0 Å². The zero-order valence-electron chi connectivity index (χ0n) is 14.5. The summed E-state index contributed by atoms with van der Waals surface area (Å²) in [5.41, 5.74) is 1.96. The molecule has 1 N–H and O–H groups in total. The van der Waals surface area contributed by atoms with Gasteiger partial charge in [-0.05, 0) is 17.7 Å². The fourth-order valence-corrected chi connectivity index (χ4v) is 2.79. The number of ether oxygens (including phenoxy) is 1. The summed E-state index contributed by atoms with van der Waals surface area (Å²) in [6, 6.07) is 3.98. The lowest BCUT2D eigenvalue weighted by atomic mass is 10.2. The van der Waals surface area contributed by atoms with Gasteiger partial charge in [-0.15, -0.1) is 0 Å². The third-order valence-electron chi connectivity index (χ3n) is 4.22. The number of hydrogen-bond donors (Lipinski definition) is 1. The van der Waals surface area contributed by atoms with Gasteiger partial charge in [0.15, 0.2) is 0 Å². The number of nitrogens with one attached hydrogen (secondary N) is 1. The van der Waals surface area contributed by atoms with Gasteiger partial charge in [0.25, 0.3) is 0 Å². The maximum Gasteiger partial charge on any atom is 0.322 e. The second kappa shape index (κ2) is 8.59. The molecule has 1 aliphatic heterocycles. The summed E-state index contributed by atoms with van der Waals surface area (Å²) in [6.45, 7) is 5.31. The molecule has 134 valence electrons. The highest BCUT2D eigenvalue weighted by Gasteiger charge is 2.21. The van der Waals surface area contributed by atoms with Crippen molar-refractivity contribution in [1.82, 2.24) is 24.6 Å². The Morgan fingerprint density at radius 3 is 2.72 bits per heavy atom. The minimum absolute atomic E-state index is 0.0742. The van der Waals surface area contributed by atoms with Gasteiger partial charge in [0.1, 0.15) is 0 Å². The topological polar surface area (TPSA) is 75.5 Å². The normalized spacial score (nSPS) is 15.3. The Hall–Kier alpha value is -2.45. The van der Waals surface area contributed by atoms with Gasteiger partial charge in [0, 0.05) is 58.4 Å². The molecule has 0 atom stereocenters. The molecule has 3 heterocycles. The second-order valence-corrected chi connectivity index (χ2v) is 6.03. The zero-order valence-corrected chi connectivity index (χ0v) is 14.5. The van der Waals surface area contributed by atoms with Crippen LogP contribution in [0, 0.1) is 0 Å². The maximum absolute atomic E-state index is 12.4. The molecular formula is C17H24N6O2. The van der Waals surface area contributed by atoms with Crippen molar-refractivity contribution in [3.05, 3.63) is 42.5 Å². The fraction of sp³-hybridized carbons (Fsp3) is 0.471. The molecule has 2 aromatic rings. The Balaban J connectivity index is 1.44. The van der Waals surface area contributed by atoms with Crippen molar-refractivity contribution in [3.63, 3.8) is 0 Å². The van der Waals surface area contributed by atoms with Crippen LogP contribution >= 0.6 is 0 Å². The van der Waals surface area contributed by atoms with Crippen molar-refractivity contribution in [1.29, 1.82) is 0 Å². The molecule has 1 saturated heterocycles. The summed E-state index contributed by atoms with van der Waals surface area (Å²) in [6.07, 6.45) is 7.10. The van der Waals surface area contributed by atoms with E-state index in [0.717, 1.165) is 19.6 Å². The largest absolute Gasteiger partial charge is 0.383 e. The Bertz CT molecular complexity index is 667. The molecule has 1 aliphatic rings. The minimum Gasteiger partial charge on any atom is -0.383 e. The number of pyridine rings is 1. The van der Waals surface area contributed by atoms with E-state index in [1.807, 2.05) is 35.6 Å². The third-order valence-corrected chi connectivity index (χ3v) is 4.22. The van der Waals surface area contributed by atoms with Crippen molar-refractivity contribution in [2.45, 2.75) is 13.1 Å². The van der Waals surface area contributed by atoms with Crippen LogP contribution < -0.4 is 5.32 Å². The molecule has 0 saturated carbocycles. The Kier molecular flexibility index (Phi) is 5.97. The number of piperazine rings is 1. The lowest BCUT2D eigenvalue weighted by Gasteiger charge is -2.34. The predicted octanol–water partition coefficient (Wildman–Crippen LogP) is 1.27. The van der Waals surface area contributed by atoms with Crippen LogP contribution in [0.15, 0.2) is 36.9 Å². The molecule has 2 amide bonds. The van der Waals surface area contributed by atoms with Gasteiger partial charge < -0.3 is 15.0 Å². The van der Waals surface area contributed by atoms with E-state index in [-0.39, 0.29) is 6.03 Å². The highest BCUT2D eigenvalue weighted by Crippen LogP contribution is 2.11. The van der Waals surface area contributed by atoms with Crippen LogP contribution in [0.3, 0.4) is 0 Å². The minimum atomic E-state index is -0.0742. The SMILES string of the molecule is COCCn1cc(NC(=O)N2CCN(Cc3ccncc3)CC2)cn1. The van der Waals surface area contributed by atoms with Crippen molar-refractivity contribution < 1.29 is 9.53 Å². The number of nitrogens with zero attached hydrogens (tertiary/aromatic N) is 5. The summed E-state index contributed by atoms with van der Waals surface area (Å²) in [4.78, 5) is 20.6. The van der Waals surface area contributed by atoms with Crippen LogP contribution in [0.4, 0.5) is 10.5 Å².